The van der Waals surface area contributed by atoms with Gasteiger partial charge in [-0.05, 0) is 30.5 Å². The minimum absolute atomic E-state index is 0.148. The number of nitrogens with one attached hydrogen (secondary N) is 2. The van der Waals surface area contributed by atoms with E-state index in [2.05, 4.69) is 35.6 Å². The van der Waals surface area contributed by atoms with Gasteiger partial charge in [-0.2, -0.15) is 5.10 Å². The lowest BCUT2D eigenvalue weighted by atomic mass is 9.95. The zero-order valence-corrected chi connectivity index (χ0v) is 15.6. The molecule has 8 heteroatoms. The molecule has 0 radical (unpaired) electrons. The van der Waals surface area contributed by atoms with Crippen LogP contribution in [-0.2, 0) is 0 Å². The molecule has 144 valence electrons. The van der Waals surface area contributed by atoms with Crippen LogP contribution in [0.2, 0.25) is 0 Å². The molecule has 0 unspecified atom stereocenters. The molecule has 1 saturated carbocycles. The van der Waals surface area contributed by atoms with E-state index in [0.29, 0.717) is 17.2 Å². The van der Waals surface area contributed by atoms with E-state index in [1.165, 1.54) is 25.7 Å². The standard InChI is InChI=1S/C20H23N7O/c28-18-9-14(15-10-23-24-11-15)3-4-16(18)17-12-21-19(26-25-17)27-8-7-22-20(13-27)5-1-2-6-20/h3-4,9-12,22,28H,1-2,5-8,13H2,(H,23,24). The van der Waals surface area contributed by atoms with E-state index >= 15 is 0 Å². The number of nitrogens with zero attached hydrogens (tertiary/aromatic N) is 5. The molecule has 3 N–H and O–H groups in total. The number of anilines is 1. The van der Waals surface area contributed by atoms with Gasteiger partial charge in [-0.25, -0.2) is 4.98 Å². The van der Waals surface area contributed by atoms with Gasteiger partial charge in [0, 0.05) is 42.5 Å². The van der Waals surface area contributed by atoms with Gasteiger partial charge >= 0.3 is 0 Å². The maximum Gasteiger partial charge on any atom is 0.245 e. The Hall–Kier alpha value is -3.00. The average Bonchev–Trinajstić information content (AvgIpc) is 3.41. The molecule has 1 aliphatic carbocycles. The Labute approximate surface area is 163 Å². The lowest BCUT2D eigenvalue weighted by Crippen LogP contribution is -2.59. The van der Waals surface area contributed by atoms with Crippen molar-refractivity contribution in [1.29, 1.82) is 0 Å². The topological polar surface area (TPSA) is 103 Å². The quantitative estimate of drug-likeness (QED) is 0.644. The first-order chi connectivity index (χ1) is 13.7. The molecule has 1 aliphatic heterocycles. The number of H-pyrrole nitrogens is 1. The van der Waals surface area contributed by atoms with Crippen LogP contribution in [0.5, 0.6) is 5.75 Å². The first-order valence-electron chi connectivity index (χ1n) is 9.75. The molecule has 1 spiro atoms. The van der Waals surface area contributed by atoms with Crippen LogP contribution in [0.25, 0.3) is 22.4 Å². The molecule has 0 atom stereocenters. The van der Waals surface area contributed by atoms with E-state index in [0.717, 1.165) is 30.8 Å². The number of benzene rings is 1. The minimum atomic E-state index is 0.148. The van der Waals surface area contributed by atoms with Crippen LogP contribution in [0, 0.1) is 0 Å². The van der Waals surface area contributed by atoms with Gasteiger partial charge in [0.25, 0.3) is 0 Å². The normalized spacial score (nSPS) is 18.6. The van der Waals surface area contributed by atoms with E-state index < -0.39 is 0 Å². The zero-order chi connectivity index (χ0) is 19.0. The highest BCUT2D eigenvalue weighted by atomic mass is 16.3. The molecule has 2 aromatic heterocycles. The second-order valence-electron chi connectivity index (χ2n) is 7.70. The Morgan fingerprint density at radius 1 is 1.07 bits per heavy atom. The monoisotopic (exact) mass is 377 g/mol. The van der Waals surface area contributed by atoms with Crippen LogP contribution in [0.1, 0.15) is 25.7 Å². The first kappa shape index (κ1) is 17.1. The molecule has 28 heavy (non-hydrogen) atoms. The zero-order valence-electron chi connectivity index (χ0n) is 15.6. The van der Waals surface area contributed by atoms with Gasteiger partial charge in [0.05, 0.1) is 12.4 Å². The Bertz CT molecular complexity index is 949. The van der Waals surface area contributed by atoms with Crippen molar-refractivity contribution in [1.82, 2.24) is 30.7 Å². The van der Waals surface area contributed by atoms with Crippen LogP contribution in [0.15, 0.2) is 36.8 Å². The van der Waals surface area contributed by atoms with Gasteiger partial charge in [0.15, 0.2) is 0 Å². The summed E-state index contributed by atoms with van der Waals surface area (Å²) in [4.78, 5) is 6.77. The largest absolute Gasteiger partial charge is 0.507 e. The molecular weight excluding hydrogens is 354 g/mol. The fourth-order valence-electron chi connectivity index (χ4n) is 4.39. The number of rotatable bonds is 3. The predicted octanol–water partition coefficient (Wildman–Crippen LogP) is 2.36. The molecule has 1 saturated heterocycles. The van der Waals surface area contributed by atoms with Crippen molar-refractivity contribution < 1.29 is 5.11 Å². The first-order valence-corrected chi connectivity index (χ1v) is 9.75. The van der Waals surface area contributed by atoms with E-state index in [1.54, 1.807) is 24.7 Å². The van der Waals surface area contributed by atoms with Gasteiger partial charge in [-0.15, -0.1) is 10.2 Å². The number of piperazine rings is 1. The fraction of sp³-hybridized carbons (Fsp3) is 0.400. The maximum atomic E-state index is 10.5. The Kier molecular flexibility index (Phi) is 4.20. The summed E-state index contributed by atoms with van der Waals surface area (Å²) in [7, 11) is 0. The highest BCUT2D eigenvalue weighted by molar-refractivity contribution is 5.73. The van der Waals surface area contributed by atoms with E-state index in [9.17, 15) is 5.11 Å². The summed E-state index contributed by atoms with van der Waals surface area (Å²) in [5.41, 5.74) is 3.19. The Morgan fingerprint density at radius 2 is 1.96 bits per heavy atom. The van der Waals surface area contributed by atoms with Gasteiger partial charge in [0.1, 0.15) is 11.4 Å². The molecule has 8 nitrogen and oxygen atoms in total. The van der Waals surface area contributed by atoms with Crippen LogP contribution in [0.4, 0.5) is 5.95 Å². The molecule has 5 rings (SSSR count). The SMILES string of the molecule is Oc1cc(-c2cn[nH]c2)ccc1-c1cnc(N2CCNC3(CCCC3)C2)nn1. The number of aromatic nitrogens is 5. The van der Waals surface area contributed by atoms with Crippen molar-refractivity contribution >= 4 is 5.95 Å². The summed E-state index contributed by atoms with van der Waals surface area (Å²) in [5, 5.41) is 29.6. The minimum Gasteiger partial charge on any atom is -0.507 e. The lowest BCUT2D eigenvalue weighted by molar-refractivity contribution is 0.301. The van der Waals surface area contributed by atoms with Gasteiger partial charge in [-0.1, -0.05) is 18.9 Å². The number of aromatic amines is 1. The number of phenols is 1. The predicted molar refractivity (Wildman–Crippen MR) is 106 cm³/mol. The summed E-state index contributed by atoms with van der Waals surface area (Å²) in [5.74, 6) is 0.806. The molecule has 3 aromatic rings. The summed E-state index contributed by atoms with van der Waals surface area (Å²) in [6, 6.07) is 5.47. The summed E-state index contributed by atoms with van der Waals surface area (Å²) < 4.78 is 0. The van der Waals surface area contributed by atoms with Crippen molar-refractivity contribution in [3.05, 3.63) is 36.8 Å². The van der Waals surface area contributed by atoms with Crippen LogP contribution in [0.3, 0.4) is 0 Å². The molecule has 0 amide bonds. The molecule has 1 aromatic carbocycles. The molecule has 2 aliphatic rings. The molecule has 3 heterocycles. The van der Waals surface area contributed by atoms with Crippen molar-refractivity contribution in [2.75, 3.05) is 24.5 Å². The highest BCUT2D eigenvalue weighted by Crippen LogP contribution is 2.34. The summed E-state index contributed by atoms with van der Waals surface area (Å²) in [6.45, 7) is 2.76. The Morgan fingerprint density at radius 3 is 2.68 bits per heavy atom. The summed E-state index contributed by atoms with van der Waals surface area (Å²) >= 11 is 0. The third kappa shape index (κ3) is 3.09. The lowest BCUT2D eigenvalue weighted by Gasteiger charge is -2.41. The second-order valence-corrected chi connectivity index (χ2v) is 7.70. The summed E-state index contributed by atoms with van der Waals surface area (Å²) in [6.07, 6.45) is 10.2. The number of hydrogen-bond acceptors (Lipinski definition) is 7. The fourth-order valence-corrected chi connectivity index (χ4v) is 4.39. The number of aromatic hydroxyl groups is 1. The third-order valence-corrected chi connectivity index (χ3v) is 5.87. The maximum absolute atomic E-state index is 10.5. The van der Waals surface area contributed by atoms with Crippen molar-refractivity contribution in [2.24, 2.45) is 0 Å². The molecule has 2 fully saturated rings. The Balaban J connectivity index is 1.36. The van der Waals surface area contributed by atoms with Crippen molar-refractivity contribution in [3.63, 3.8) is 0 Å². The van der Waals surface area contributed by atoms with E-state index in [4.69, 9.17) is 0 Å². The van der Waals surface area contributed by atoms with Gasteiger partial charge in [-0.3, -0.25) is 5.10 Å². The van der Waals surface area contributed by atoms with Crippen LogP contribution >= 0.6 is 0 Å². The third-order valence-electron chi connectivity index (χ3n) is 5.87. The van der Waals surface area contributed by atoms with Gasteiger partial charge in [0.2, 0.25) is 5.95 Å². The van der Waals surface area contributed by atoms with Crippen LogP contribution in [-0.4, -0.2) is 55.7 Å². The molecular formula is C20H23N7O. The van der Waals surface area contributed by atoms with Crippen LogP contribution < -0.4 is 10.2 Å². The average molecular weight is 377 g/mol. The van der Waals surface area contributed by atoms with E-state index in [-0.39, 0.29) is 11.3 Å². The van der Waals surface area contributed by atoms with Crippen molar-refractivity contribution in [3.8, 4) is 28.1 Å². The second kappa shape index (κ2) is 6.87. The van der Waals surface area contributed by atoms with E-state index in [1.807, 2.05) is 12.1 Å². The van der Waals surface area contributed by atoms with Crippen molar-refractivity contribution in [2.45, 2.75) is 31.2 Å². The smallest absolute Gasteiger partial charge is 0.245 e. The molecule has 0 bridgehead atoms. The highest BCUT2D eigenvalue weighted by Gasteiger charge is 2.38. The number of phenolic OH excluding ortho intramolecular Hbond substituents is 1. The number of hydrogen-bond donors (Lipinski definition) is 3. The van der Waals surface area contributed by atoms with Gasteiger partial charge < -0.3 is 15.3 Å².